The van der Waals surface area contributed by atoms with E-state index in [4.69, 9.17) is 15.5 Å². The van der Waals surface area contributed by atoms with E-state index >= 15 is 0 Å². The third kappa shape index (κ3) is 4.73. The molecule has 3 heterocycles. The van der Waals surface area contributed by atoms with Gasteiger partial charge < -0.3 is 10.5 Å². The highest BCUT2D eigenvalue weighted by molar-refractivity contribution is 7.15. The van der Waals surface area contributed by atoms with Gasteiger partial charge in [-0.2, -0.15) is 0 Å². The van der Waals surface area contributed by atoms with Gasteiger partial charge in [-0.25, -0.2) is 9.97 Å². The van der Waals surface area contributed by atoms with E-state index in [9.17, 15) is 0 Å². The van der Waals surface area contributed by atoms with E-state index in [2.05, 4.69) is 27.1 Å². The Bertz CT molecular complexity index is 636. The summed E-state index contributed by atoms with van der Waals surface area (Å²) in [6.07, 6.45) is 1.99. The van der Waals surface area contributed by atoms with Gasteiger partial charge in [-0.1, -0.05) is 0 Å². The quantitative estimate of drug-likeness (QED) is 0.811. The number of aromatic nitrogens is 2. The summed E-state index contributed by atoms with van der Waals surface area (Å²) in [5.74, 6) is 0. The molecule has 0 amide bonds. The fourth-order valence-corrected chi connectivity index (χ4v) is 4.39. The largest absolute Gasteiger partial charge is 0.375 e. The second-order valence-corrected chi connectivity index (χ2v) is 8.03. The maximum absolute atomic E-state index is 5.70. The second-order valence-electron chi connectivity index (χ2n) is 5.99. The van der Waals surface area contributed by atoms with E-state index in [1.165, 1.54) is 4.88 Å². The van der Waals surface area contributed by atoms with Crippen molar-refractivity contribution in [2.24, 2.45) is 0 Å². The molecule has 0 spiro atoms. The number of ether oxygens (including phenoxy) is 1. The van der Waals surface area contributed by atoms with Gasteiger partial charge >= 0.3 is 0 Å². The first-order chi connectivity index (χ1) is 11.6. The topological polar surface area (TPSA) is 67.5 Å². The van der Waals surface area contributed by atoms with Crippen LogP contribution in [-0.2, 0) is 17.8 Å². The van der Waals surface area contributed by atoms with Crippen molar-refractivity contribution in [2.45, 2.75) is 33.0 Å². The fourth-order valence-electron chi connectivity index (χ4n) is 2.85. The molecule has 24 heavy (non-hydrogen) atoms. The highest BCUT2D eigenvalue weighted by Crippen LogP contribution is 2.22. The van der Waals surface area contributed by atoms with Crippen LogP contribution in [0.25, 0.3) is 0 Å². The lowest BCUT2D eigenvalue weighted by Gasteiger charge is -2.34. The number of hydrogen-bond donors (Lipinski definition) is 1. The van der Waals surface area contributed by atoms with Gasteiger partial charge in [0.25, 0.3) is 0 Å². The van der Waals surface area contributed by atoms with Crippen molar-refractivity contribution in [3.05, 3.63) is 27.2 Å². The molecule has 132 valence electrons. The molecule has 0 radical (unpaired) electrons. The molecule has 2 aromatic rings. The minimum Gasteiger partial charge on any atom is -0.375 e. The summed E-state index contributed by atoms with van der Waals surface area (Å²) in [5.41, 5.74) is 6.86. The summed E-state index contributed by atoms with van der Waals surface area (Å²) >= 11 is 3.29. The highest BCUT2D eigenvalue weighted by Gasteiger charge is 2.19. The summed E-state index contributed by atoms with van der Waals surface area (Å²) < 4.78 is 5.62. The zero-order chi connectivity index (χ0) is 16.9. The third-order valence-electron chi connectivity index (χ3n) is 4.14. The molecule has 1 saturated heterocycles. The van der Waals surface area contributed by atoms with Crippen LogP contribution in [0.2, 0.25) is 0 Å². The van der Waals surface area contributed by atoms with E-state index in [0.717, 1.165) is 56.6 Å². The minimum absolute atomic E-state index is 0.0949. The summed E-state index contributed by atoms with van der Waals surface area (Å²) in [6.45, 7) is 11.0. The number of rotatable bonds is 7. The first kappa shape index (κ1) is 17.8. The zero-order valence-electron chi connectivity index (χ0n) is 14.3. The van der Waals surface area contributed by atoms with E-state index in [1.54, 1.807) is 22.7 Å². The van der Waals surface area contributed by atoms with Gasteiger partial charge in [0.1, 0.15) is 11.1 Å². The van der Waals surface area contributed by atoms with Crippen molar-refractivity contribution in [1.82, 2.24) is 19.8 Å². The van der Waals surface area contributed by atoms with Crippen molar-refractivity contribution < 1.29 is 4.74 Å². The number of hydrogen-bond acceptors (Lipinski definition) is 8. The van der Waals surface area contributed by atoms with E-state index < -0.39 is 0 Å². The van der Waals surface area contributed by atoms with Gasteiger partial charge in [-0.15, -0.1) is 22.7 Å². The third-order valence-corrected chi connectivity index (χ3v) is 6.00. The van der Waals surface area contributed by atoms with Crippen LogP contribution in [0, 0.1) is 0 Å². The Kier molecular flexibility index (Phi) is 6.18. The first-order valence-corrected chi connectivity index (χ1v) is 10.0. The fraction of sp³-hybridized carbons (Fsp3) is 0.625. The zero-order valence-corrected chi connectivity index (χ0v) is 15.9. The molecule has 8 heteroatoms. The smallest absolute Gasteiger partial charge is 0.180 e. The highest BCUT2D eigenvalue weighted by atomic mass is 32.1. The lowest BCUT2D eigenvalue weighted by molar-refractivity contribution is 0.0758. The summed E-state index contributed by atoms with van der Waals surface area (Å²) in [4.78, 5) is 15.0. The van der Waals surface area contributed by atoms with Crippen molar-refractivity contribution in [3.63, 3.8) is 0 Å². The standard InChI is InChI=1S/C16H25N5OS2/c1-3-22-12(2)15-19-13(11-23-15)9-20-4-6-21(7-5-20)10-14-8-18-16(17)24-14/h8,11-12H,3-7,9-10H2,1-2H3,(H2,17,18). The Morgan fingerprint density at radius 3 is 2.58 bits per heavy atom. The Labute approximate surface area is 151 Å². The van der Waals surface area contributed by atoms with Gasteiger partial charge in [0.15, 0.2) is 5.13 Å². The molecule has 6 nitrogen and oxygen atoms in total. The van der Waals surface area contributed by atoms with Crippen LogP contribution >= 0.6 is 22.7 Å². The Hall–Kier alpha value is -1.06. The number of nitrogens with zero attached hydrogens (tertiary/aromatic N) is 4. The van der Waals surface area contributed by atoms with Crippen LogP contribution in [0.1, 0.15) is 35.5 Å². The number of nitrogen functional groups attached to an aromatic ring is 1. The van der Waals surface area contributed by atoms with Crippen LogP contribution < -0.4 is 5.73 Å². The van der Waals surface area contributed by atoms with Crippen molar-refractivity contribution in [1.29, 1.82) is 0 Å². The van der Waals surface area contributed by atoms with Gasteiger partial charge in [0, 0.05) is 62.3 Å². The monoisotopic (exact) mass is 367 g/mol. The molecule has 3 rings (SSSR count). The normalized spacial score (nSPS) is 18.1. The van der Waals surface area contributed by atoms with Gasteiger partial charge in [-0.05, 0) is 13.8 Å². The van der Waals surface area contributed by atoms with Crippen LogP contribution in [-0.4, -0.2) is 52.6 Å². The summed E-state index contributed by atoms with van der Waals surface area (Å²) in [6, 6.07) is 0. The molecule has 2 N–H and O–H groups in total. The molecule has 0 aromatic carbocycles. The number of nitrogens with two attached hydrogens (primary N) is 1. The van der Waals surface area contributed by atoms with Crippen molar-refractivity contribution >= 4 is 27.8 Å². The molecule has 1 aliphatic rings. The molecule has 1 unspecified atom stereocenters. The van der Waals surface area contributed by atoms with Gasteiger partial charge in [-0.3, -0.25) is 9.80 Å². The first-order valence-electron chi connectivity index (χ1n) is 8.35. The number of piperazine rings is 1. The Morgan fingerprint density at radius 2 is 1.96 bits per heavy atom. The Morgan fingerprint density at radius 1 is 1.25 bits per heavy atom. The molecular formula is C16H25N5OS2. The number of thiazole rings is 2. The molecular weight excluding hydrogens is 342 g/mol. The lowest BCUT2D eigenvalue weighted by Crippen LogP contribution is -2.45. The predicted molar refractivity (Wildman–Crippen MR) is 99.2 cm³/mol. The van der Waals surface area contributed by atoms with E-state index in [1.807, 2.05) is 13.1 Å². The molecule has 1 aliphatic heterocycles. The van der Waals surface area contributed by atoms with Gasteiger partial charge in [0.05, 0.1) is 5.69 Å². The Balaban J connectivity index is 1.45. The van der Waals surface area contributed by atoms with Crippen LogP contribution in [0.3, 0.4) is 0 Å². The van der Waals surface area contributed by atoms with Crippen LogP contribution in [0.15, 0.2) is 11.6 Å². The molecule has 2 aromatic heterocycles. The predicted octanol–water partition coefficient (Wildman–Crippen LogP) is 2.60. The molecule has 0 bridgehead atoms. The summed E-state index contributed by atoms with van der Waals surface area (Å²) in [7, 11) is 0. The van der Waals surface area contributed by atoms with Gasteiger partial charge in [0.2, 0.25) is 0 Å². The number of anilines is 1. The average Bonchev–Trinajstić information content (AvgIpc) is 3.19. The van der Waals surface area contributed by atoms with Crippen molar-refractivity contribution in [3.8, 4) is 0 Å². The van der Waals surface area contributed by atoms with Crippen molar-refractivity contribution in [2.75, 3.05) is 38.5 Å². The van der Waals surface area contributed by atoms with E-state index in [-0.39, 0.29) is 6.10 Å². The molecule has 0 aliphatic carbocycles. The maximum atomic E-state index is 5.70. The average molecular weight is 368 g/mol. The lowest BCUT2D eigenvalue weighted by atomic mass is 10.3. The second kappa shape index (κ2) is 8.35. The molecule has 0 saturated carbocycles. The summed E-state index contributed by atoms with van der Waals surface area (Å²) in [5, 5.41) is 3.90. The van der Waals surface area contributed by atoms with Crippen LogP contribution in [0.4, 0.5) is 5.13 Å². The van der Waals surface area contributed by atoms with Crippen LogP contribution in [0.5, 0.6) is 0 Å². The SMILES string of the molecule is CCOC(C)c1nc(CN2CCN(Cc3cnc(N)s3)CC2)cs1. The maximum Gasteiger partial charge on any atom is 0.180 e. The minimum atomic E-state index is 0.0949. The molecule has 1 fully saturated rings. The van der Waals surface area contributed by atoms with E-state index in [0.29, 0.717) is 5.13 Å². The molecule has 1 atom stereocenters.